The highest BCUT2D eigenvalue weighted by atomic mass is 16.6. The van der Waals surface area contributed by atoms with Crippen molar-refractivity contribution in [3.05, 3.63) is 48.6 Å². The average molecular weight is 841 g/mol. The number of hydrogen-bond donors (Lipinski definition) is 0. The normalized spacial score (nSPS) is 12.4. The van der Waals surface area contributed by atoms with E-state index < -0.39 is 6.10 Å². The predicted molar refractivity (Wildman–Crippen MR) is 256 cm³/mol. The molecule has 6 nitrogen and oxygen atoms in total. The fourth-order valence-electron chi connectivity index (χ4n) is 7.15. The highest BCUT2D eigenvalue weighted by molar-refractivity contribution is 5.71. The minimum absolute atomic E-state index is 0.0791. The van der Waals surface area contributed by atoms with Crippen LogP contribution in [-0.2, 0) is 28.6 Å². The molecule has 0 fully saturated rings. The molecule has 0 heterocycles. The van der Waals surface area contributed by atoms with Crippen molar-refractivity contribution in [1.82, 2.24) is 0 Å². The predicted octanol–water partition coefficient (Wildman–Crippen LogP) is 16.7. The maximum atomic E-state index is 12.8. The van der Waals surface area contributed by atoms with Crippen molar-refractivity contribution >= 4 is 17.9 Å². The molecule has 0 aromatic carbocycles. The molecule has 0 aliphatic heterocycles. The average Bonchev–Trinajstić information content (AvgIpc) is 3.24. The second-order valence-corrected chi connectivity index (χ2v) is 17.1. The number of allylic oxidation sites excluding steroid dienone is 8. The van der Waals surface area contributed by atoms with E-state index in [4.69, 9.17) is 14.2 Å². The van der Waals surface area contributed by atoms with Crippen LogP contribution in [0.4, 0.5) is 0 Å². The van der Waals surface area contributed by atoms with Gasteiger partial charge in [-0.05, 0) is 83.5 Å². The van der Waals surface area contributed by atoms with Crippen molar-refractivity contribution in [3.63, 3.8) is 0 Å². The molecule has 0 spiro atoms. The van der Waals surface area contributed by atoms with Gasteiger partial charge >= 0.3 is 17.9 Å². The van der Waals surface area contributed by atoms with Gasteiger partial charge in [-0.2, -0.15) is 0 Å². The van der Waals surface area contributed by atoms with Crippen molar-refractivity contribution in [2.75, 3.05) is 13.2 Å². The summed E-state index contributed by atoms with van der Waals surface area (Å²) in [6, 6.07) is 0. The van der Waals surface area contributed by atoms with E-state index in [1.807, 2.05) is 0 Å². The molecule has 60 heavy (non-hydrogen) atoms. The summed E-state index contributed by atoms with van der Waals surface area (Å²) in [6.45, 7) is 6.57. The zero-order valence-corrected chi connectivity index (χ0v) is 39.7. The Labute approximate surface area is 371 Å². The first-order valence-electron chi connectivity index (χ1n) is 25.6. The van der Waals surface area contributed by atoms with Gasteiger partial charge in [-0.1, -0.05) is 204 Å². The highest BCUT2D eigenvalue weighted by Crippen LogP contribution is 2.14. The van der Waals surface area contributed by atoms with Crippen molar-refractivity contribution in [3.8, 4) is 0 Å². The summed E-state index contributed by atoms with van der Waals surface area (Å²) >= 11 is 0. The van der Waals surface area contributed by atoms with Gasteiger partial charge < -0.3 is 14.2 Å². The summed E-state index contributed by atoms with van der Waals surface area (Å²) < 4.78 is 16.7. The highest BCUT2D eigenvalue weighted by Gasteiger charge is 2.19. The fraction of sp³-hybridized carbons (Fsp3) is 0.796. The van der Waals surface area contributed by atoms with Crippen LogP contribution < -0.4 is 0 Å². The van der Waals surface area contributed by atoms with Gasteiger partial charge in [-0.3, -0.25) is 14.4 Å². The van der Waals surface area contributed by atoms with Crippen LogP contribution in [-0.4, -0.2) is 37.2 Å². The number of rotatable bonds is 46. The second-order valence-electron chi connectivity index (χ2n) is 17.1. The van der Waals surface area contributed by atoms with Crippen molar-refractivity contribution in [2.24, 2.45) is 0 Å². The van der Waals surface area contributed by atoms with Gasteiger partial charge in [0.15, 0.2) is 6.10 Å². The van der Waals surface area contributed by atoms with Crippen molar-refractivity contribution in [2.45, 2.75) is 264 Å². The number of carbonyl (C=O) groups is 3. The molecular weight excluding hydrogens is 745 g/mol. The number of unbranched alkanes of at least 4 members (excludes halogenated alkanes) is 27. The van der Waals surface area contributed by atoms with E-state index in [-0.39, 0.29) is 31.1 Å². The van der Waals surface area contributed by atoms with Gasteiger partial charge in [0.25, 0.3) is 0 Å². The number of ether oxygens (including phenoxy) is 3. The Morgan fingerprint density at radius 3 is 0.983 bits per heavy atom. The quantitative estimate of drug-likeness (QED) is 0.0263. The SMILES string of the molecule is CCCCC/C=C\C/C=C\C/C=C\CCCCCCCCC(=O)OCC(COC(=O)CCCCCCCCCCC)OC(=O)CCCCCCC/C=C\CCCCCCC. The molecule has 0 radical (unpaired) electrons. The molecule has 0 N–H and O–H groups in total. The molecule has 0 bridgehead atoms. The van der Waals surface area contributed by atoms with E-state index in [9.17, 15) is 14.4 Å². The summed E-state index contributed by atoms with van der Waals surface area (Å²) in [5, 5.41) is 0. The van der Waals surface area contributed by atoms with Crippen LogP contribution in [0.2, 0.25) is 0 Å². The number of esters is 3. The van der Waals surface area contributed by atoms with Gasteiger partial charge in [0.2, 0.25) is 0 Å². The number of carbonyl (C=O) groups excluding carboxylic acids is 3. The van der Waals surface area contributed by atoms with E-state index in [2.05, 4.69) is 69.4 Å². The van der Waals surface area contributed by atoms with Gasteiger partial charge in [0.05, 0.1) is 0 Å². The third-order valence-electron chi connectivity index (χ3n) is 11.1. The van der Waals surface area contributed by atoms with Crippen molar-refractivity contribution in [1.29, 1.82) is 0 Å². The van der Waals surface area contributed by atoms with Gasteiger partial charge in [-0.25, -0.2) is 0 Å². The maximum absolute atomic E-state index is 12.8. The molecule has 0 aliphatic rings. The smallest absolute Gasteiger partial charge is 0.306 e. The van der Waals surface area contributed by atoms with Gasteiger partial charge in [0.1, 0.15) is 13.2 Å². The van der Waals surface area contributed by atoms with Crippen molar-refractivity contribution < 1.29 is 28.6 Å². The van der Waals surface area contributed by atoms with Crippen LogP contribution in [0, 0.1) is 0 Å². The Morgan fingerprint density at radius 1 is 0.333 bits per heavy atom. The first-order chi connectivity index (χ1) is 29.5. The third-order valence-corrected chi connectivity index (χ3v) is 11.1. The van der Waals surface area contributed by atoms with Gasteiger partial charge in [-0.15, -0.1) is 0 Å². The molecule has 1 atom stereocenters. The Hall–Kier alpha value is -2.63. The second kappa shape index (κ2) is 49.0. The van der Waals surface area contributed by atoms with Crippen LogP contribution in [0.5, 0.6) is 0 Å². The third kappa shape index (κ3) is 46.4. The topological polar surface area (TPSA) is 78.9 Å². The van der Waals surface area contributed by atoms with E-state index in [1.165, 1.54) is 128 Å². The summed E-state index contributed by atoms with van der Waals surface area (Å²) in [6.07, 6.45) is 58.1. The molecule has 0 aromatic heterocycles. The molecule has 1 unspecified atom stereocenters. The number of hydrogen-bond acceptors (Lipinski definition) is 6. The molecular formula is C54H96O6. The molecule has 0 aromatic rings. The Kier molecular flexibility index (Phi) is 46.9. The molecule has 0 rings (SSSR count). The van der Waals surface area contributed by atoms with E-state index in [1.54, 1.807) is 0 Å². The summed E-state index contributed by atoms with van der Waals surface area (Å²) in [7, 11) is 0. The maximum Gasteiger partial charge on any atom is 0.306 e. The lowest BCUT2D eigenvalue weighted by atomic mass is 10.1. The lowest BCUT2D eigenvalue weighted by Gasteiger charge is -2.18. The molecule has 6 heteroatoms. The minimum Gasteiger partial charge on any atom is -0.462 e. The lowest BCUT2D eigenvalue weighted by Crippen LogP contribution is -2.30. The van der Waals surface area contributed by atoms with Crippen LogP contribution in [0.25, 0.3) is 0 Å². The first-order valence-corrected chi connectivity index (χ1v) is 25.6. The molecule has 348 valence electrons. The molecule has 0 saturated carbocycles. The Bertz CT molecular complexity index is 1060. The molecule has 0 amide bonds. The fourth-order valence-corrected chi connectivity index (χ4v) is 7.15. The molecule has 0 aliphatic carbocycles. The first kappa shape index (κ1) is 57.4. The van der Waals surface area contributed by atoms with E-state index in [0.717, 1.165) is 89.9 Å². The zero-order valence-electron chi connectivity index (χ0n) is 39.7. The van der Waals surface area contributed by atoms with Crippen LogP contribution in [0.15, 0.2) is 48.6 Å². The summed E-state index contributed by atoms with van der Waals surface area (Å²) in [5.74, 6) is -0.898. The van der Waals surface area contributed by atoms with E-state index >= 15 is 0 Å². The van der Waals surface area contributed by atoms with Crippen LogP contribution in [0.1, 0.15) is 258 Å². The minimum atomic E-state index is -0.778. The monoisotopic (exact) mass is 841 g/mol. The standard InChI is InChI=1S/C54H96O6/c1-4-7-10-13-16-19-21-23-25-26-27-28-29-31-32-35-38-41-44-47-53(56)59-50-51(49-58-52(55)46-43-40-37-34-18-15-12-9-6-3)60-54(57)48-45-42-39-36-33-30-24-22-20-17-14-11-8-5-2/h16,19,22-25,27-28,51H,4-15,17-18,20-21,26,29-50H2,1-3H3/b19-16-,24-22-,25-23-,28-27-. The van der Waals surface area contributed by atoms with Gasteiger partial charge in [0, 0.05) is 19.3 Å². The Morgan fingerprint density at radius 2 is 0.600 bits per heavy atom. The Balaban J connectivity index is 4.34. The summed E-state index contributed by atoms with van der Waals surface area (Å²) in [5.41, 5.74) is 0. The zero-order chi connectivity index (χ0) is 43.7. The van der Waals surface area contributed by atoms with Crippen LogP contribution >= 0.6 is 0 Å². The van der Waals surface area contributed by atoms with Crippen LogP contribution in [0.3, 0.4) is 0 Å². The molecule has 0 saturated heterocycles. The van der Waals surface area contributed by atoms with E-state index in [0.29, 0.717) is 19.3 Å². The summed E-state index contributed by atoms with van der Waals surface area (Å²) in [4.78, 5) is 37.9. The lowest BCUT2D eigenvalue weighted by molar-refractivity contribution is -0.167. The largest absolute Gasteiger partial charge is 0.462 e.